The van der Waals surface area contributed by atoms with E-state index >= 15 is 0 Å². The van der Waals surface area contributed by atoms with Crippen LogP contribution in [0.3, 0.4) is 0 Å². The Morgan fingerprint density at radius 1 is 1.24 bits per heavy atom. The maximum absolute atomic E-state index is 11.7. The molecule has 7 nitrogen and oxygen atoms in total. The molecule has 25 heavy (non-hydrogen) atoms. The normalized spacial score (nSPS) is 11.3. The highest BCUT2D eigenvalue weighted by atomic mass is 16.1. The SMILES string of the molecule is CN=C(NCc1cccc(C(=O)NC)c1)NCc1c(C)nn(C)c1C. The molecular formula is C18H26N6O. The van der Waals surface area contributed by atoms with E-state index in [1.807, 2.05) is 36.9 Å². The molecule has 0 unspecified atom stereocenters. The van der Waals surface area contributed by atoms with E-state index in [0.29, 0.717) is 24.6 Å². The van der Waals surface area contributed by atoms with Crippen molar-refractivity contribution in [2.45, 2.75) is 26.9 Å². The van der Waals surface area contributed by atoms with Crippen molar-refractivity contribution >= 4 is 11.9 Å². The van der Waals surface area contributed by atoms with E-state index in [2.05, 4.69) is 33.0 Å². The highest BCUT2D eigenvalue weighted by molar-refractivity contribution is 5.94. The van der Waals surface area contributed by atoms with Gasteiger partial charge in [-0.3, -0.25) is 14.5 Å². The number of nitrogens with zero attached hydrogens (tertiary/aromatic N) is 3. The summed E-state index contributed by atoms with van der Waals surface area (Å²) in [5.74, 6) is 0.611. The van der Waals surface area contributed by atoms with Gasteiger partial charge >= 0.3 is 0 Å². The third-order valence-electron chi connectivity index (χ3n) is 4.19. The van der Waals surface area contributed by atoms with Gasteiger partial charge in [0.15, 0.2) is 5.96 Å². The summed E-state index contributed by atoms with van der Waals surface area (Å²) in [5, 5.41) is 13.6. The minimum atomic E-state index is -0.0908. The first-order chi connectivity index (χ1) is 12.0. The summed E-state index contributed by atoms with van der Waals surface area (Å²) < 4.78 is 1.88. The standard InChI is InChI=1S/C18H26N6O/c1-12-16(13(2)24(5)23-12)11-22-18(20-4)21-10-14-7-6-8-15(9-14)17(25)19-3/h6-9H,10-11H2,1-5H3,(H,19,25)(H2,20,21,22). The molecule has 0 bridgehead atoms. The van der Waals surface area contributed by atoms with Crippen LogP contribution in [0.1, 0.15) is 32.9 Å². The largest absolute Gasteiger partial charge is 0.355 e. The van der Waals surface area contributed by atoms with Crippen LogP contribution < -0.4 is 16.0 Å². The number of rotatable bonds is 5. The summed E-state index contributed by atoms with van der Waals surface area (Å²) in [4.78, 5) is 16.0. The van der Waals surface area contributed by atoms with Gasteiger partial charge in [-0.05, 0) is 31.5 Å². The highest BCUT2D eigenvalue weighted by Crippen LogP contribution is 2.11. The second-order valence-electron chi connectivity index (χ2n) is 5.83. The number of aryl methyl sites for hydroxylation is 2. The summed E-state index contributed by atoms with van der Waals surface area (Å²) in [5.41, 5.74) is 4.98. The molecule has 0 aliphatic carbocycles. The minimum absolute atomic E-state index is 0.0908. The molecule has 2 aromatic rings. The Morgan fingerprint density at radius 2 is 1.96 bits per heavy atom. The van der Waals surface area contributed by atoms with E-state index in [1.165, 1.54) is 5.56 Å². The van der Waals surface area contributed by atoms with Gasteiger partial charge in [-0.2, -0.15) is 5.10 Å². The Morgan fingerprint density at radius 3 is 2.56 bits per heavy atom. The fraction of sp³-hybridized carbons (Fsp3) is 0.389. The first-order valence-corrected chi connectivity index (χ1v) is 8.20. The highest BCUT2D eigenvalue weighted by Gasteiger charge is 2.10. The van der Waals surface area contributed by atoms with Crippen LogP contribution in [0.4, 0.5) is 0 Å². The summed E-state index contributed by atoms with van der Waals surface area (Å²) in [6.45, 7) is 5.29. The molecule has 0 saturated heterocycles. The van der Waals surface area contributed by atoms with Crippen LogP contribution in [0.2, 0.25) is 0 Å². The van der Waals surface area contributed by atoms with Gasteiger partial charge < -0.3 is 16.0 Å². The van der Waals surface area contributed by atoms with Crippen LogP contribution in [-0.4, -0.2) is 35.7 Å². The quantitative estimate of drug-likeness (QED) is 0.564. The average Bonchev–Trinajstić information content (AvgIpc) is 2.87. The maximum Gasteiger partial charge on any atom is 0.251 e. The van der Waals surface area contributed by atoms with Gasteiger partial charge in [-0.15, -0.1) is 0 Å². The van der Waals surface area contributed by atoms with Gasteiger partial charge in [-0.25, -0.2) is 0 Å². The molecule has 1 heterocycles. The molecule has 0 atom stereocenters. The number of aromatic nitrogens is 2. The Hall–Kier alpha value is -2.83. The minimum Gasteiger partial charge on any atom is -0.355 e. The number of carbonyl (C=O) groups is 1. The first kappa shape index (κ1) is 18.5. The predicted molar refractivity (Wildman–Crippen MR) is 99.6 cm³/mol. The molecule has 2 rings (SSSR count). The summed E-state index contributed by atoms with van der Waals surface area (Å²) >= 11 is 0. The number of carbonyl (C=O) groups excluding carboxylic acids is 1. The Kier molecular flexibility index (Phi) is 6.16. The second-order valence-corrected chi connectivity index (χ2v) is 5.83. The second kappa shape index (κ2) is 8.32. The van der Waals surface area contributed by atoms with E-state index in [-0.39, 0.29) is 5.91 Å². The molecule has 1 aromatic heterocycles. The lowest BCUT2D eigenvalue weighted by atomic mass is 10.1. The van der Waals surface area contributed by atoms with Crippen molar-refractivity contribution in [3.8, 4) is 0 Å². The summed E-state index contributed by atoms with van der Waals surface area (Å²) in [6, 6.07) is 7.51. The molecule has 1 aromatic carbocycles. The molecule has 3 N–H and O–H groups in total. The first-order valence-electron chi connectivity index (χ1n) is 8.20. The van der Waals surface area contributed by atoms with Crippen molar-refractivity contribution in [2.24, 2.45) is 12.0 Å². The van der Waals surface area contributed by atoms with Crippen molar-refractivity contribution < 1.29 is 4.79 Å². The predicted octanol–water partition coefficient (Wildman–Crippen LogP) is 1.26. The van der Waals surface area contributed by atoms with Gasteiger partial charge in [0.25, 0.3) is 5.91 Å². The third kappa shape index (κ3) is 4.59. The molecule has 0 spiro atoms. The third-order valence-corrected chi connectivity index (χ3v) is 4.19. The van der Waals surface area contributed by atoms with E-state index < -0.39 is 0 Å². The topological polar surface area (TPSA) is 83.3 Å². The van der Waals surface area contributed by atoms with Crippen LogP contribution in [-0.2, 0) is 20.1 Å². The van der Waals surface area contributed by atoms with E-state index in [1.54, 1.807) is 20.2 Å². The Balaban J connectivity index is 1.96. The number of nitrogens with one attached hydrogen (secondary N) is 3. The van der Waals surface area contributed by atoms with Crippen molar-refractivity contribution in [1.82, 2.24) is 25.7 Å². The summed E-state index contributed by atoms with van der Waals surface area (Å²) in [7, 11) is 5.30. The number of benzene rings is 1. The van der Waals surface area contributed by atoms with Gasteiger partial charge in [-0.1, -0.05) is 12.1 Å². The van der Waals surface area contributed by atoms with Gasteiger partial charge in [0.05, 0.1) is 5.69 Å². The molecular weight excluding hydrogens is 316 g/mol. The zero-order valence-electron chi connectivity index (χ0n) is 15.5. The van der Waals surface area contributed by atoms with Crippen LogP contribution in [0.25, 0.3) is 0 Å². The van der Waals surface area contributed by atoms with Gasteiger partial charge in [0.1, 0.15) is 0 Å². The van der Waals surface area contributed by atoms with E-state index in [4.69, 9.17) is 0 Å². The average molecular weight is 342 g/mol. The number of aliphatic imine (C=N–C) groups is 1. The lowest BCUT2D eigenvalue weighted by molar-refractivity contribution is 0.0963. The summed E-state index contributed by atoms with van der Waals surface area (Å²) in [6.07, 6.45) is 0. The number of guanidine groups is 1. The monoisotopic (exact) mass is 342 g/mol. The van der Waals surface area contributed by atoms with Crippen LogP contribution in [0.5, 0.6) is 0 Å². The zero-order chi connectivity index (χ0) is 18.4. The number of amides is 1. The smallest absolute Gasteiger partial charge is 0.251 e. The maximum atomic E-state index is 11.7. The fourth-order valence-corrected chi connectivity index (χ4v) is 2.62. The molecule has 0 radical (unpaired) electrons. The molecule has 7 heteroatoms. The van der Waals surface area contributed by atoms with Crippen LogP contribution >= 0.6 is 0 Å². The van der Waals surface area contributed by atoms with Crippen molar-refractivity contribution in [2.75, 3.05) is 14.1 Å². The Bertz CT molecular complexity index is 778. The van der Waals surface area contributed by atoms with Crippen molar-refractivity contribution in [1.29, 1.82) is 0 Å². The van der Waals surface area contributed by atoms with Gasteiger partial charge in [0.2, 0.25) is 0 Å². The van der Waals surface area contributed by atoms with Crippen molar-refractivity contribution in [3.05, 3.63) is 52.3 Å². The molecule has 134 valence electrons. The van der Waals surface area contributed by atoms with E-state index in [0.717, 1.165) is 17.0 Å². The fourth-order valence-electron chi connectivity index (χ4n) is 2.62. The molecule has 1 amide bonds. The lowest BCUT2D eigenvalue weighted by Gasteiger charge is -2.13. The molecule has 0 fully saturated rings. The molecule has 0 saturated carbocycles. The molecule has 0 aliphatic heterocycles. The van der Waals surface area contributed by atoms with Crippen LogP contribution in [0.15, 0.2) is 29.3 Å². The van der Waals surface area contributed by atoms with Crippen LogP contribution in [0, 0.1) is 13.8 Å². The Labute approximate surface area is 148 Å². The van der Waals surface area contributed by atoms with Crippen molar-refractivity contribution in [3.63, 3.8) is 0 Å². The van der Waals surface area contributed by atoms with Gasteiger partial charge in [0, 0.05) is 51.1 Å². The molecule has 0 aliphatic rings. The number of hydrogen-bond acceptors (Lipinski definition) is 3. The number of hydrogen-bond donors (Lipinski definition) is 3. The zero-order valence-corrected chi connectivity index (χ0v) is 15.5. The van der Waals surface area contributed by atoms with E-state index in [9.17, 15) is 4.79 Å². The lowest BCUT2D eigenvalue weighted by Crippen LogP contribution is -2.36.